The number of nitrogens with zero attached hydrogens (tertiary/aromatic N) is 4. The van der Waals surface area contributed by atoms with Crippen LogP contribution in [-0.2, 0) is 12.8 Å². The standard InChI is InChI=1S/C25H23N5OS/c31-23-18(12-17-8-4-10-30-11-5-9-19(23)22(17)30)13-28-29-24-21-20(16-6-2-1-3-7-16)14-32-25(21)27-15-26-24/h1-3,6-7,12-15,31H,4-5,8-11H2,(H,26,27,29)/b28-13-. The first-order chi connectivity index (χ1) is 15.8. The number of phenolic OH excluding ortho intramolecular Hbond substituents is 1. The van der Waals surface area contributed by atoms with Crippen molar-refractivity contribution in [2.45, 2.75) is 25.7 Å². The molecule has 2 aliphatic rings. The first-order valence-corrected chi connectivity index (χ1v) is 11.9. The zero-order valence-corrected chi connectivity index (χ0v) is 18.4. The van der Waals surface area contributed by atoms with Gasteiger partial charge in [0.05, 0.1) is 11.6 Å². The second kappa shape index (κ2) is 7.91. The Kier molecular flexibility index (Phi) is 4.76. The van der Waals surface area contributed by atoms with Gasteiger partial charge in [0.1, 0.15) is 16.9 Å². The fourth-order valence-electron chi connectivity index (χ4n) is 4.92. The first-order valence-electron chi connectivity index (χ1n) is 11.0. The minimum atomic E-state index is 0.356. The fourth-order valence-corrected chi connectivity index (χ4v) is 5.84. The number of phenols is 1. The SMILES string of the molecule is Oc1c(/C=N\Nc2ncnc3scc(-c4ccccc4)c23)cc2c3c1CCCN3CCC2. The van der Waals surface area contributed by atoms with Crippen LogP contribution in [0.3, 0.4) is 0 Å². The summed E-state index contributed by atoms with van der Waals surface area (Å²) in [5.41, 5.74) is 9.72. The number of rotatable bonds is 4. The molecule has 6 nitrogen and oxygen atoms in total. The number of aromatic nitrogens is 2. The Morgan fingerprint density at radius 3 is 2.81 bits per heavy atom. The number of nitrogens with one attached hydrogen (secondary N) is 1. The lowest BCUT2D eigenvalue weighted by molar-refractivity contribution is 0.461. The molecule has 7 heteroatoms. The van der Waals surface area contributed by atoms with Crippen LogP contribution < -0.4 is 10.3 Å². The maximum atomic E-state index is 11.0. The maximum absolute atomic E-state index is 11.0. The molecule has 0 saturated heterocycles. The second-order valence-corrected chi connectivity index (χ2v) is 9.14. The van der Waals surface area contributed by atoms with Gasteiger partial charge in [-0.15, -0.1) is 11.3 Å². The van der Waals surface area contributed by atoms with Crippen LogP contribution in [0.15, 0.2) is 53.2 Å². The molecule has 0 unspecified atom stereocenters. The monoisotopic (exact) mass is 441 g/mol. The summed E-state index contributed by atoms with van der Waals surface area (Å²) in [6, 6.07) is 12.3. The molecule has 2 aromatic heterocycles. The minimum absolute atomic E-state index is 0.356. The van der Waals surface area contributed by atoms with Gasteiger partial charge in [-0.2, -0.15) is 5.10 Å². The van der Waals surface area contributed by atoms with Crippen molar-refractivity contribution >= 4 is 39.3 Å². The molecule has 2 aliphatic heterocycles. The number of hydrazone groups is 1. The van der Waals surface area contributed by atoms with E-state index in [1.807, 2.05) is 18.2 Å². The summed E-state index contributed by atoms with van der Waals surface area (Å²) in [5, 5.41) is 18.5. The van der Waals surface area contributed by atoms with Crippen LogP contribution >= 0.6 is 11.3 Å². The van der Waals surface area contributed by atoms with Crippen LogP contribution in [-0.4, -0.2) is 34.4 Å². The van der Waals surface area contributed by atoms with Gasteiger partial charge < -0.3 is 10.0 Å². The van der Waals surface area contributed by atoms with E-state index in [-0.39, 0.29) is 0 Å². The molecule has 0 amide bonds. The van der Waals surface area contributed by atoms with Crippen LogP contribution in [0.4, 0.5) is 11.5 Å². The number of hydrogen-bond donors (Lipinski definition) is 2. The number of hydrogen-bond acceptors (Lipinski definition) is 7. The fraction of sp³-hybridized carbons (Fsp3) is 0.240. The molecule has 0 saturated carbocycles. The third-order valence-electron chi connectivity index (χ3n) is 6.35. The van der Waals surface area contributed by atoms with Crippen molar-refractivity contribution in [3.63, 3.8) is 0 Å². The molecule has 0 bridgehead atoms. The van der Waals surface area contributed by atoms with Crippen molar-refractivity contribution in [1.82, 2.24) is 9.97 Å². The lowest BCUT2D eigenvalue weighted by Crippen LogP contribution is -2.34. The Bertz CT molecular complexity index is 1330. The molecular formula is C25H23N5OS. The summed E-state index contributed by atoms with van der Waals surface area (Å²) in [6.07, 6.45) is 7.48. The summed E-state index contributed by atoms with van der Waals surface area (Å²) in [7, 11) is 0. The minimum Gasteiger partial charge on any atom is -0.507 e. The van der Waals surface area contributed by atoms with Crippen molar-refractivity contribution in [3.05, 3.63) is 64.8 Å². The lowest BCUT2D eigenvalue weighted by atomic mass is 9.89. The summed E-state index contributed by atoms with van der Waals surface area (Å²) in [5.74, 6) is 1.02. The number of thiophene rings is 1. The Morgan fingerprint density at radius 2 is 1.94 bits per heavy atom. The van der Waals surface area contributed by atoms with Crippen LogP contribution in [0.25, 0.3) is 21.3 Å². The summed E-state index contributed by atoms with van der Waals surface area (Å²) < 4.78 is 0. The Morgan fingerprint density at radius 1 is 1.09 bits per heavy atom. The van der Waals surface area contributed by atoms with Gasteiger partial charge in [0.2, 0.25) is 0 Å². The van der Waals surface area contributed by atoms with Gasteiger partial charge in [-0.25, -0.2) is 9.97 Å². The highest BCUT2D eigenvalue weighted by Gasteiger charge is 2.27. The van der Waals surface area contributed by atoms with Gasteiger partial charge in [-0.3, -0.25) is 5.43 Å². The van der Waals surface area contributed by atoms with Crippen molar-refractivity contribution < 1.29 is 5.11 Å². The molecule has 4 heterocycles. The summed E-state index contributed by atoms with van der Waals surface area (Å²) >= 11 is 1.59. The largest absolute Gasteiger partial charge is 0.507 e. The third kappa shape index (κ3) is 3.20. The molecule has 0 atom stereocenters. The van der Waals surface area contributed by atoms with E-state index in [0.29, 0.717) is 11.6 Å². The molecule has 2 aromatic carbocycles. The van der Waals surface area contributed by atoms with E-state index in [2.05, 4.69) is 49.0 Å². The highest BCUT2D eigenvalue weighted by molar-refractivity contribution is 7.17. The average molecular weight is 442 g/mol. The maximum Gasteiger partial charge on any atom is 0.159 e. The molecular weight excluding hydrogens is 418 g/mol. The van der Waals surface area contributed by atoms with Crippen LogP contribution in [0, 0.1) is 0 Å². The number of fused-ring (bicyclic) bond motifs is 1. The van der Waals surface area contributed by atoms with E-state index in [1.54, 1.807) is 23.9 Å². The van der Waals surface area contributed by atoms with E-state index < -0.39 is 0 Å². The number of anilines is 2. The van der Waals surface area contributed by atoms with E-state index in [9.17, 15) is 5.11 Å². The van der Waals surface area contributed by atoms with Crippen molar-refractivity contribution in [2.24, 2.45) is 5.10 Å². The normalized spacial score (nSPS) is 15.3. The summed E-state index contributed by atoms with van der Waals surface area (Å²) in [6.45, 7) is 2.17. The quantitative estimate of drug-likeness (QED) is 0.336. The van der Waals surface area contributed by atoms with E-state index in [1.165, 1.54) is 11.3 Å². The third-order valence-corrected chi connectivity index (χ3v) is 7.24. The Labute approximate surface area is 190 Å². The Hall–Kier alpha value is -3.45. The number of aromatic hydroxyl groups is 1. The van der Waals surface area contributed by atoms with E-state index >= 15 is 0 Å². The van der Waals surface area contributed by atoms with Crippen molar-refractivity contribution in [2.75, 3.05) is 23.4 Å². The highest BCUT2D eigenvalue weighted by atomic mass is 32.1. The second-order valence-electron chi connectivity index (χ2n) is 8.28. The molecule has 0 radical (unpaired) electrons. The molecule has 0 fully saturated rings. The lowest BCUT2D eigenvalue weighted by Gasteiger charge is -2.37. The van der Waals surface area contributed by atoms with E-state index in [0.717, 1.165) is 71.2 Å². The van der Waals surface area contributed by atoms with Gasteiger partial charge in [-0.05, 0) is 42.9 Å². The predicted octanol–water partition coefficient (Wildman–Crippen LogP) is 5.21. The van der Waals surface area contributed by atoms with Gasteiger partial charge in [0, 0.05) is 40.8 Å². The zero-order valence-electron chi connectivity index (χ0n) is 17.6. The molecule has 32 heavy (non-hydrogen) atoms. The molecule has 0 aliphatic carbocycles. The van der Waals surface area contributed by atoms with Crippen LogP contribution in [0.1, 0.15) is 29.5 Å². The van der Waals surface area contributed by atoms with Gasteiger partial charge in [-0.1, -0.05) is 30.3 Å². The number of benzene rings is 2. The average Bonchev–Trinajstić information content (AvgIpc) is 3.28. The van der Waals surface area contributed by atoms with Gasteiger partial charge in [0.25, 0.3) is 0 Å². The summed E-state index contributed by atoms with van der Waals surface area (Å²) in [4.78, 5) is 12.2. The van der Waals surface area contributed by atoms with Crippen LogP contribution in [0.5, 0.6) is 5.75 Å². The predicted molar refractivity (Wildman–Crippen MR) is 131 cm³/mol. The molecule has 6 rings (SSSR count). The van der Waals surface area contributed by atoms with Crippen molar-refractivity contribution in [3.8, 4) is 16.9 Å². The molecule has 2 N–H and O–H groups in total. The van der Waals surface area contributed by atoms with Crippen molar-refractivity contribution in [1.29, 1.82) is 0 Å². The first kappa shape index (κ1) is 19.3. The molecule has 160 valence electrons. The topological polar surface area (TPSA) is 73.6 Å². The van der Waals surface area contributed by atoms with Crippen LogP contribution in [0.2, 0.25) is 0 Å². The smallest absolute Gasteiger partial charge is 0.159 e. The number of aryl methyl sites for hydroxylation is 1. The van der Waals surface area contributed by atoms with Gasteiger partial charge >= 0.3 is 0 Å². The van der Waals surface area contributed by atoms with E-state index in [4.69, 9.17) is 0 Å². The molecule has 4 aromatic rings. The molecule has 0 spiro atoms. The van der Waals surface area contributed by atoms with Gasteiger partial charge in [0.15, 0.2) is 5.82 Å². The highest BCUT2D eigenvalue weighted by Crippen LogP contribution is 2.41. The zero-order chi connectivity index (χ0) is 21.5. The Balaban J connectivity index is 1.35.